The molecule has 2 aromatic rings. The van der Waals surface area contributed by atoms with E-state index in [9.17, 15) is 0 Å². The molecule has 0 fully saturated rings. The lowest BCUT2D eigenvalue weighted by atomic mass is 9.98. The third-order valence-corrected chi connectivity index (χ3v) is 3.24. The van der Waals surface area contributed by atoms with E-state index < -0.39 is 0 Å². The lowest BCUT2D eigenvalue weighted by Crippen LogP contribution is -2.25. The van der Waals surface area contributed by atoms with Crippen molar-refractivity contribution in [1.82, 2.24) is 15.0 Å². The van der Waals surface area contributed by atoms with E-state index in [1.165, 1.54) is 5.56 Å². The molecule has 0 aliphatic rings. The Morgan fingerprint density at radius 2 is 2.21 bits per heavy atom. The zero-order valence-corrected chi connectivity index (χ0v) is 12.2. The highest BCUT2D eigenvalue weighted by molar-refractivity contribution is 5.17. The summed E-state index contributed by atoms with van der Waals surface area (Å²) in [6, 6.07) is 4.56. The molecule has 0 saturated heterocycles. The number of hydrogen-bond donors (Lipinski definition) is 1. The summed E-state index contributed by atoms with van der Waals surface area (Å²) in [7, 11) is 0. The van der Waals surface area contributed by atoms with Crippen LogP contribution in [0.5, 0.6) is 0 Å². The summed E-state index contributed by atoms with van der Waals surface area (Å²) in [4.78, 5) is 0. The molecule has 2 aromatic heterocycles. The van der Waals surface area contributed by atoms with Crippen LogP contribution in [0.4, 0.5) is 0 Å². The summed E-state index contributed by atoms with van der Waals surface area (Å²) in [5, 5.41) is 7.56. The van der Waals surface area contributed by atoms with Crippen LogP contribution >= 0.6 is 0 Å². The molecule has 0 aliphatic heterocycles. The molecule has 1 unspecified atom stereocenters. The zero-order valence-electron chi connectivity index (χ0n) is 12.2. The van der Waals surface area contributed by atoms with Crippen molar-refractivity contribution in [2.45, 2.75) is 40.3 Å². The van der Waals surface area contributed by atoms with Gasteiger partial charge in [-0.25, -0.2) is 0 Å². The van der Waals surface area contributed by atoms with Crippen molar-refractivity contribution >= 4 is 0 Å². The van der Waals surface area contributed by atoms with Crippen LogP contribution in [0.15, 0.2) is 29.0 Å². The van der Waals surface area contributed by atoms with Crippen LogP contribution in [0.3, 0.4) is 0 Å². The Morgan fingerprint density at radius 1 is 1.42 bits per heavy atom. The number of aryl methyl sites for hydroxylation is 1. The molecule has 4 heteroatoms. The average Bonchev–Trinajstić information content (AvgIpc) is 2.96. The van der Waals surface area contributed by atoms with Crippen LogP contribution < -0.4 is 5.32 Å². The van der Waals surface area contributed by atoms with E-state index in [0.29, 0.717) is 12.0 Å². The summed E-state index contributed by atoms with van der Waals surface area (Å²) in [5.74, 6) is 1.43. The second-order valence-electron chi connectivity index (χ2n) is 5.33. The molecular formula is C15H23N3O. The largest absolute Gasteiger partial charge is 0.361 e. The Kier molecular flexibility index (Phi) is 4.43. The van der Waals surface area contributed by atoms with Crippen molar-refractivity contribution in [2.24, 2.45) is 5.92 Å². The molecule has 0 radical (unpaired) electrons. The van der Waals surface area contributed by atoms with Crippen molar-refractivity contribution in [3.05, 3.63) is 41.5 Å². The third-order valence-electron chi connectivity index (χ3n) is 3.24. The van der Waals surface area contributed by atoms with Crippen LogP contribution in [-0.4, -0.2) is 16.3 Å². The fraction of sp³-hybridized carbons (Fsp3) is 0.533. The van der Waals surface area contributed by atoms with Crippen molar-refractivity contribution in [3.8, 4) is 0 Å². The van der Waals surface area contributed by atoms with E-state index in [0.717, 1.165) is 24.5 Å². The van der Waals surface area contributed by atoms with Crippen LogP contribution in [0.1, 0.15) is 43.8 Å². The highest BCUT2D eigenvalue weighted by Gasteiger charge is 2.15. The number of rotatable bonds is 6. The van der Waals surface area contributed by atoms with Gasteiger partial charge in [0.25, 0.3) is 0 Å². The molecule has 0 spiro atoms. The highest BCUT2D eigenvalue weighted by atomic mass is 16.5. The summed E-state index contributed by atoms with van der Waals surface area (Å²) in [6.45, 7) is 10.3. The van der Waals surface area contributed by atoms with E-state index in [-0.39, 0.29) is 0 Å². The zero-order chi connectivity index (χ0) is 13.8. The van der Waals surface area contributed by atoms with Gasteiger partial charge >= 0.3 is 0 Å². The second-order valence-corrected chi connectivity index (χ2v) is 5.33. The number of hydrogen-bond acceptors (Lipinski definition) is 3. The lowest BCUT2D eigenvalue weighted by molar-refractivity contribution is 0.389. The van der Waals surface area contributed by atoms with Crippen LogP contribution in [-0.2, 0) is 6.54 Å². The van der Waals surface area contributed by atoms with Gasteiger partial charge in [-0.05, 0) is 31.0 Å². The van der Waals surface area contributed by atoms with Gasteiger partial charge in [-0.2, -0.15) is 0 Å². The van der Waals surface area contributed by atoms with E-state index in [4.69, 9.17) is 4.52 Å². The van der Waals surface area contributed by atoms with Gasteiger partial charge in [0.05, 0.1) is 6.54 Å². The maximum Gasteiger partial charge on any atom is 0.133 e. The fourth-order valence-corrected chi connectivity index (χ4v) is 2.38. The number of nitrogens with zero attached hydrogens (tertiary/aromatic N) is 2. The first kappa shape index (κ1) is 13.9. The summed E-state index contributed by atoms with van der Waals surface area (Å²) < 4.78 is 7.24. The van der Waals surface area contributed by atoms with Gasteiger partial charge < -0.3 is 14.4 Å². The first-order chi connectivity index (χ1) is 9.10. The van der Waals surface area contributed by atoms with E-state index >= 15 is 0 Å². The minimum atomic E-state index is 0.408. The van der Waals surface area contributed by atoms with Crippen LogP contribution in [0.2, 0.25) is 0 Å². The van der Waals surface area contributed by atoms with E-state index in [2.05, 4.69) is 54.3 Å². The van der Waals surface area contributed by atoms with Gasteiger partial charge in [0.2, 0.25) is 0 Å². The monoisotopic (exact) mass is 261 g/mol. The molecular weight excluding hydrogens is 238 g/mol. The van der Waals surface area contributed by atoms with Gasteiger partial charge in [-0.3, -0.25) is 0 Å². The number of nitrogens with one attached hydrogen (secondary N) is 1. The molecule has 0 saturated carbocycles. The van der Waals surface area contributed by atoms with E-state index in [1.807, 2.05) is 13.0 Å². The standard InChI is InChI=1S/C15H23N3O/c1-5-16-15(11(2)3)13-6-7-18(9-13)10-14-8-12(4)19-17-14/h6-9,11,15-16H,5,10H2,1-4H3. The SMILES string of the molecule is CCNC(c1ccn(Cc2cc(C)on2)c1)C(C)C. The normalized spacial score (nSPS) is 13.1. The number of aromatic nitrogens is 2. The Hall–Kier alpha value is -1.55. The molecule has 4 nitrogen and oxygen atoms in total. The van der Waals surface area contributed by atoms with Crippen LogP contribution in [0, 0.1) is 12.8 Å². The molecule has 0 bridgehead atoms. The lowest BCUT2D eigenvalue weighted by Gasteiger charge is -2.20. The Balaban J connectivity index is 2.09. The summed E-state index contributed by atoms with van der Waals surface area (Å²) in [5.41, 5.74) is 2.29. The van der Waals surface area contributed by atoms with Crippen molar-refractivity contribution < 1.29 is 4.52 Å². The van der Waals surface area contributed by atoms with Gasteiger partial charge in [0.1, 0.15) is 11.5 Å². The van der Waals surface area contributed by atoms with Crippen molar-refractivity contribution in [1.29, 1.82) is 0 Å². The second kappa shape index (κ2) is 6.06. The predicted molar refractivity (Wildman–Crippen MR) is 76.0 cm³/mol. The molecule has 0 aliphatic carbocycles. The minimum absolute atomic E-state index is 0.408. The molecule has 2 heterocycles. The highest BCUT2D eigenvalue weighted by Crippen LogP contribution is 2.22. The predicted octanol–water partition coefficient (Wildman–Crippen LogP) is 3.14. The topological polar surface area (TPSA) is 43.0 Å². The minimum Gasteiger partial charge on any atom is -0.361 e. The molecule has 19 heavy (non-hydrogen) atoms. The molecule has 2 rings (SSSR count). The Bertz CT molecular complexity index is 513. The van der Waals surface area contributed by atoms with Gasteiger partial charge in [-0.1, -0.05) is 25.9 Å². The van der Waals surface area contributed by atoms with E-state index in [1.54, 1.807) is 0 Å². The third kappa shape index (κ3) is 3.47. The van der Waals surface area contributed by atoms with Crippen LogP contribution in [0.25, 0.3) is 0 Å². The molecule has 1 atom stereocenters. The maximum atomic E-state index is 5.09. The average molecular weight is 261 g/mol. The molecule has 1 N–H and O–H groups in total. The molecule has 104 valence electrons. The molecule has 0 amide bonds. The van der Waals surface area contributed by atoms with Gasteiger partial charge in [-0.15, -0.1) is 0 Å². The molecule has 0 aromatic carbocycles. The van der Waals surface area contributed by atoms with Gasteiger partial charge in [0, 0.05) is 24.5 Å². The maximum absolute atomic E-state index is 5.09. The van der Waals surface area contributed by atoms with Crippen molar-refractivity contribution in [3.63, 3.8) is 0 Å². The first-order valence-electron chi connectivity index (χ1n) is 6.91. The first-order valence-corrected chi connectivity index (χ1v) is 6.91. The smallest absolute Gasteiger partial charge is 0.133 e. The Labute approximate surface area is 114 Å². The summed E-state index contributed by atoms with van der Waals surface area (Å²) >= 11 is 0. The summed E-state index contributed by atoms with van der Waals surface area (Å²) in [6.07, 6.45) is 4.30. The quantitative estimate of drug-likeness (QED) is 0.868. The van der Waals surface area contributed by atoms with Crippen molar-refractivity contribution in [2.75, 3.05) is 6.54 Å². The fourth-order valence-electron chi connectivity index (χ4n) is 2.38. The Morgan fingerprint density at radius 3 is 2.79 bits per heavy atom. The van der Waals surface area contributed by atoms with Gasteiger partial charge in [0.15, 0.2) is 0 Å².